The van der Waals surface area contributed by atoms with Crippen molar-refractivity contribution in [3.63, 3.8) is 0 Å². The number of halogens is 3. The van der Waals surface area contributed by atoms with E-state index in [0.717, 1.165) is 12.1 Å². The van der Waals surface area contributed by atoms with E-state index in [0.29, 0.717) is 5.02 Å². The van der Waals surface area contributed by atoms with Gasteiger partial charge in [0.25, 0.3) is 11.8 Å². The first kappa shape index (κ1) is 18.7. The van der Waals surface area contributed by atoms with Crippen LogP contribution in [0, 0.1) is 5.82 Å². The van der Waals surface area contributed by atoms with Gasteiger partial charge in [0, 0.05) is 10.7 Å². The second-order valence-electron chi connectivity index (χ2n) is 4.91. The fourth-order valence-electron chi connectivity index (χ4n) is 1.93. The average molecular weight is 384 g/mol. The molecule has 2 aromatic carbocycles. The van der Waals surface area contributed by atoms with Crippen molar-refractivity contribution in [1.82, 2.24) is 5.32 Å². The molecule has 0 unspecified atom stereocenters. The number of hydrogen-bond donors (Lipinski definition) is 3. The van der Waals surface area contributed by atoms with Crippen LogP contribution in [0.3, 0.4) is 0 Å². The van der Waals surface area contributed by atoms with Crippen molar-refractivity contribution < 1.29 is 18.8 Å². The van der Waals surface area contributed by atoms with Crippen LogP contribution in [0.25, 0.3) is 0 Å². The largest absolute Gasteiger partial charge is 0.366 e. The summed E-state index contributed by atoms with van der Waals surface area (Å²) >= 11 is 11.7. The van der Waals surface area contributed by atoms with Crippen molar-refractivity contribution >= 4 is 46.6 Å². The third-order valence-electron chi connectivity index (χ3n) is 3.10. The molecular formula is C16H12Cl2FN3O3. The van der Waals surface area contributed by atoms with Gasteiger partial charge < -0.3 is 16.4 Å². The van der Waals surface area contributed by atoms with Crippen molar-refractivity contribution in [2.75, 3.05) is 11.9 Å². The summed E-state index contributed by atoms with van der Waals surface area (Å²) < 4.78 is 13.4. The molecule has 130 valence electrons. The minimum absolute atomic E-state index is 0.148. The van der Waals surface area contributed by atoms with Gasteiger partial charge in [-0.15, -0.1) is 0 Å². The van der Waals surface area contributed by atoms with E-state index in [1.165, 1.54) is 24.3 Å². The van der Waals surface area contributed by atoms with E-state index in [9.17, 15) is 18.8 Å². The van der Waals surface area contributed by atoms with Crippen LogP contribution in [0.5, 0.6) is 0 Å². The first-order valence-corrected chi connectivity index (χ1v) is 7.66. The minimum Gasteiger partial charge on any atom is -0.366 e. The fourth-order valence-corrected chi connectivity index (χ4v) is 2.42. The van der Waals surface area contributed by atoms with Crippen LogP contribution in [0.1, 0.15) is 20.7 Å². The summed E-state index contributed by atoms with van der Waals surface area (Å²) in [5.74, 6) is -2.90. The lowest BCUT2D eigenvalue weighted by Crippen LogP contribution is -2.33. The fraction of sp³-hybridized carbons (Fsp3) is 0.0625. The molecule has 3 amide bonds. The summed E-state index contributed by atoms with van der Waals surface area (Å²) in [5, 5.41) is 5.32. The molecule has 0 aliphatic heterocycles. The van der Waals surface area contributed by atoms with E-state index in [-0.39, 0.29) is 28.4 Å². The molecule has 0 radical (unpaired) electrons. The minimum atomic E-state index is -0.959. The number of carbonyl (C=O) groups excluding carboxylic acids is 3. The highest BCUT2D eigenvalue weighted by Crippen LogP contribution is 2.20. The lowest BCUT2D eigenvalue weighted by atomic mass is 10.2. The van der Waals surface area contributed by atoms with E-state index < -0.39 is 23.5 Å². The monoisotopic (exact) mass is 383 g/mol. The number of hydrogen-bond acceptors (Lipinski definition) is 3. The molecule has 0 saturated heterocycles. The third kappa shape index (κ3) is 4.91. The van der Waals surface area contributed by atoms with Gasteiger partial charge in [-0.2, -0.15) is 0 Å². The molecule has 4 N–H and O–H groups in total. The third-order valence-corrected chi connectivity index (χ3v) is 3.65. The summed E-state index contributed by atoms with van der Waals surface area (Å²) in [5.41, 5.74) is 5.01. The van der Waals surface area contributed by atoms with Gasteiger partial charge in [0.2, 0.25) is 5.91 Å². The number of carbonyl (C=O) groups is 3. The second kappa shape index (κ2) is 7.96. The van der Waals surface area contributed by atoms with Crippen LogP contribution in [0.15, 0.2) is 36.4 Å². The standard InChI is InChI=1S/C16H12Cl2FN3O3/c17-8-1-3-10(12(18)5-8)16(25)21-7-14(23)22-9-2-4-13(19)11(6-9)15(20)24/h1-6H,7H2,(H2,20,24)(H,21,25)(H,22,23). The highest BCUT2D eigenvalue weighted by Gasteiger charge is 2.13. The van der Waals surface area contributed by atoms with E-state index in [1.54, 1.807) is 0 Å². The van der Waals surface area contributed by atoms with Gasteiger partial charge in [0.1, 0.15) is 5.82 Å². The predicted molar refractivity (Wildman–Crippen MR) is 92.3 cm³/mol. The normalized spacial score (nSPS) is 10.2. The van der Waals surface area contributed by atoms with Crippen molar-refractivity contribution in [3.8, 4) is 0 Å². The first-order chi connectivity index (χ1) is 11.8. The maximum absolute atomic E-state index is 13.4. The number of rotatable bonds is 5. The van der Waals surface area contributed by atoms with Crippen LogP contribution in [-0.2, 0) is 4.79 Å². The molecule has 0 aliphatic carbocycles. The summed E-state index contributed by atoms with van der Waals surface area (Å²) in [6.45, 7) is -0.360. The first-order valence-electron chi connectivity index (χ1n) is 6.90. The molecule has 9 heteroatoms. The molecule has 0 bridgehead atoms. The van der Waals surface area contributed by atoms with Gasteiger partial charge in [-0.3, -0.25) is 14.4 Å². The SMILES string of the molecule is NC(=O)c1cc(NC(=O)CNC(=O)c2ccc(Cl)cc2Cl)ccc1F. The zero-order chi connectivity index (χ0) is 18.6. The molecule has 2 rings (SSSR count). The number of amides is 3. The van der Waals surface area contributed by atoms with E-state index in [2.05, 4.69) is 10.6 Å². The molecule has 25 heavy (non-hydrogen) atoms. The maximum atomic E-state index is 13.4. The summed E-state index contributed by atoms with van der Waals surface area (Å²) in [7, 11) is 0. The topological polar surface area (TPSA) is 101 Å². The number of nitrogens with two attached hydrogens (primary N) is 1. The zero-order valence-electron chi connectivity index (χ0n) is 12.6. The van der Waals surface area contributed by atoms with Crippen LogP contribution < -0.4 is 16.4 Å². The quantitative estimate of drug-likeness (QED) is 0.739. The van der Waals surface area contributed by atoms with E-state index >= 15 is 0 Å². The average Bonchev–Trinajstić information content (AvgIpc) is 2.54. The van der Waals surface area contributed by atoms with Crippen molar-refractivity contribution in [1.29, 1.82) is 0 Å². The van der Waals surface area contributed by atoms with Crippen molar-refractivity contribution in [3.05, 3.63) is 63.4 Å². The molecular weight excluding hydrogens is 372 g/mol. The molecule has 0 saturated carbocycles. The smallest absolute Gasteiger partial charge is 0.253 e. The highest BCUT2D eigenvalue weighted by atomic mass is 35.5. The summed E-state index contributed by atoms with van der Waals surface area (Å²) in [6, 6.07) is 7.69. The number of nitrogens with one attached hydrogen (secondary N) is 2. The lowest BCUT2D eigenvalue weighted by Gasteiger charge is -2.09. The van der Waals surface area contributed by atoms with Crippen molar-refractivity contribution in [2.24, 2.45) is 5.73 Å². The van der Waals surface area contributed by atoms with Crippen LogP contribution in [0.2, 0.25) is 10.0 Å². The molecule has 0 fully saturated rings. The van der Waals surface area contributed by atoms with Gasteiger partial charge in [-0.05, 0) is 36.4 Å². The Morgan fingerprint density at radius 1 is 1.04 bits per heavy atom. The van der Waals surface area contributed by atoms with Crippen molar-refractivity contribution in [2.45, 2.75) is 0 Å². The second-order valence-corrected chi connectivity index (χ2v) is 5.76. The number of anilines is 1. The number of benzene rings is 2. The Kier molecular flexibility index (Phi) is 5.95. The van der Waals surface area contributed by atoms with Crippen LogP contribution in [-0.4, -0.2) is 24.3 Å². The molecule has 2 aromatic rings. The Labute approximate surface area is 152 Å². The number of primary amides is 1. The Morgan fingerprint density at radius 3 is 2.40 bits per heavy atom. The van der Waals surface area contributed by atoms with E-state index in [4.69, 9.17) is 28.9 Å². The van der Waals surface area contributed by atoms with E-state index in [1.807, 2.05) is 0 Å². The Bertz CT molecular complexity index is 859. The molecule has 0 aliphatic rings. The Morgan fingerprint density at radius 2 is 1.76 bits per heavy atom. The van der Waals surface area contributed by atoms with Gasteiger partial charge in [0.15, 0.2) is 0 Å². The van der Waals surface area contributed by atoms with Gasteiger partial charge >= 0.3 is 0 Å². The molecule has 6 nitrogen and oxygen atoms in total. The van der Waals surface area contributed by atoms with Gasteiger partial charge in [-0.1, -0.05) is 23.2 Å². The highest BCUT2D eigenvalue weighted by molar-refractivity contribution is 6.36. The van der Waals surface area contributed by atoms with Crippen LogP contribution in [0.4, 0.5) is 10.1 Å². The summed E-state index contributed by atoms with van der Waals surface area (Å²) in [6.07, 6.45) is 0. The summed E-state index contributed by atoms with van der Waals surface area (Å²) in [4.78, 5) is 34.9. The van der Waals surface area contributed by atoms with Crippen LogP contribution >= 0.6 is 23.2 Å². The molecule has 0 atom stereocenters. The van der Waals surface area contributed by atoms with Gasteiger partial charge in [0.05, 0.1) is 22.7 Å². The zero-order valence-corrected chi connectivity index (χ0v) is 14.1. The Hall–Kier alpha value is -2.64. The Balaban J connectivity index is 1.98. The molecule has 0 spiro atoms. The lowest BCUT2D eigenvalue weighted by molar-refractivity contribution is -0.115. The molecule has 0 heterocycles. The maximum Gasteiger partial charge on any atom is 0.253 e. The molecule has 0 aromatic heterocycles. The predicted octanol–water partition coefficient (Wildman–Crippen LogP) is 2.60. The van der Waals surface area contributed by atoms with Gasteiger partial charge in [-0.25, -0.2) is 4.39 Å².